The van der Waals surface area contributed by atoms with Crippen LogP contribution in [0.5, 0.6) is 0 Å². The van der Waals surface area contributed by atoms with Crippen molar-refractivity contribution in [3.8, 4) is 0 Å². The molecule has 0 amide bonds. The lowest BCUT2D eigenvalue weighted by atomic mass is 10.1. The fourth-order valence-corrected chi connectivity index (χ4v) is 11.9. The average Bonchev–Trinajstić information content (AvgIpc) is 1.04. The molecule has 0 fully saturated rings. The highest BCUT2D eigenvalue weighted by Crippen LogP contribution is 2.45. The molecule has 0 rings (SSSR count). The molecule has 0 aliphatic heterocycles. The van der Waals surface area contributed by atoms with E-state index in [4.69, 9.17) is 37.0 Å². The summed E-state index contributed by atoms with van der Waals surface area (Å²) in [6.07, 6.45) is 72.7. The number of allylic oxidation sites excluding steroid dienone is 14. The van der Waals surface area contributed by atoms with Crippen LogP contribution in [0.25, 0.3) is 0 Å². The first kappa shape index (κ1) is 94.2. The van der Waals surface area contributed by atoms with Crippen LogP contribution in [-0.2, 0) is 65.4 Å². The summed E-state index contributed by atoms with van der Waals surface area (Å²) in [6.45, 7) is 4.76. The molecule has 0 bridgehead atoms. The van der Waals surface area contributed by atoms with Crippen molar-refractivity contribution in [3.05, 3.63) is 85.1 Å². The molecule has 0 aromatic carbocycles. The zero-order chi connectivity index (χ0) is 71.8. The van der Waals surface area contributed by atoms with E-state index in [0.29, 0.717) is 25.7 Å². The average molecular weight is 1420 g/mol. The molecular formula is C79H140O17P2. The number of rotatable bonds is 73. The van der Waals surface area contributed by atoms with Gasteiger partial charge >= 0.3 is 39.5 Å². The third-order valence-corrected chi connectivity index (χ3v) is 18.3. The Bertz CT molecular complexity index is 2190. The van der Waals surface area contributed by atoms with Crippen molar-refractivity contribution in [3.63, 3.8) is 0 Å². The van der Waals surface area contributed by atoms with Gasteiger partial charge in [0.1, 0.15) is 19.3 Å². The number of aliphatic hydroxyl groups excluding tert-OH is 1. The van der Waals surface area contributed by atoms with E-state index in [1.807, 2.05) is 0 Å². The van der Waals surface area contributed by atoms with Crippen LogP contribution in [0.1, 0.15) is 336 Å². The summed E-state index contributed by atoms with van der Waals surface area (Å²) in [6, 6.07) is 0. The van der Waals surface area contributed by atoms with Crippen molar-refractivity contribution in [2.24, 2.45) is 0 Å². The molecule has 0 heterocycles. The van der Waals surface area contributed by atoms with Gasteiger partial charge in [0.15, 0.2) is 12.2 Å². The maximum absolute atomic E-state index is 13.1. The van der Waals surface area contributed by atoms with E-state index in [1.165, 1.54) is 96.3 Å². The largest absolute Gasteiger partial charge is 0.472 e. The molecule has 3 N–H and O–H groups in total. The first-order valence-corrected chi connectivity index (χ1v) is 41.9. The van der Waals surface area contributed by atoms with Crippen LogP contribution >= 0.6 is 15.6 Å². The number of unbranched alkanes of at least 4 members (excludes halogenated alkanes) is 35. The lowest BCUT2D eigenvalue weighted by molar-refractivity contribution is -0.161. The summed E-state index contributed by atoms with van der Waals surface area (Å²) in [5.74, 6) is -2.22. The van der Waals surface area contributed by atoms with Crippen LogP contribution in [0.15, 0.2) is 85.1 Å². The van der Waals surface area contributed by atoms with E-state index in [1.54, 1.807) is 0 Å². The summed E-state index contributed by atoms with van der Waals surface area (Å²) >= 11 is 0. The molecule has 19 heteroatoms. The molecule has 568 valence electrons. The number of hydrogen-bond acceptors (Lipinski definition) is 15. The Morgan fingerprint density at radius 2 is 0.531 bits per heavy atom. The van der Waals surface area contributed by atoms with E-state index in [0.717, 1.165) is 161 Å². The van der Waals surface area contributed by atoms with Crippen molar-refractivity contribution >= 4 is 39.5 Å². The number of aliphatic hydroxyl groups is 1. The van der Waals surface area contributed by atoms with Crippen LogP contribution in [0.4, 0.5) is 0 Å². The number of ether oxygens (including phenoxy) is 4. The summed E-state index contributed by atoms with van der Waals surface area (Å²) < 4.78 is 68.5. The molecule has 0 saturated carbocycles. The van der Waals surface area contributed by atoms with Crippen molar-refractivity contribution < 1.29 is 80.2 Å². The minimum absolute atomic E-state index is 0.0751. The van der Waals surface area contributed by atoms with Gasteiger partial charge in [-0.2, -0.15) is 0 Å². The molecule has 17 nitrogen and oxygen atoms in total. The molecule has 5 atom stereocenters. The van der Waals surface area contributed by atoms with Crippen molar-refractivity contribution in [2.75, 3.05) is 39.6 Å². The first-order valence-electron chi connectivity index (χ1n) is 38.9. The van der Waals surface area contributed by atoms with Gasteiger partial charge in [-0.25, -0.2) is 9.13 Å². The number of carbonyl (C=O) groups is 4. The standard InChI is InChI=1S/C79H140O17P2/c1-5-9-13-17-21-25-29-33-36-40-43-47-51-55-59-63-76(81)89-69-74(95-78(83)65-61-57-53-49-45-39-32-28-24-20-16-12-8-4)71-93-97(85,86)91-67-73(80)68-92-98(87,88)94-72-75(96-79(84)66-62-58-54-50-46-42-38-35-31-27-23-19-15-11-7-3)70-90-77(82)64-60-56-52-48-44-41-37-34-30-26-22-18-14-10-6-2/h22,25-29,31-38,73-75,80H,5-21,23-24,30,39-72H2,1-4H3,(H,85,86)(H,87,88)/b26-22-,29-25-,31-27-,32-28-,36-33-,37-34-,38-35-/t73-,74-,75-/m1/s1. The Hall–Kier alpha value is -3.76. The van der Waals surface area contributed by atoms with Crippen LogP contribution in [0.3, 0.4) is 0 Å². The third kappa shape index (κ3) is 70.7. The Labute approximate surface area is 595 Å². The van der Waals surface area contributed by atoms with E-state index in [9.17, 15) is 43.2 Å². The molecule has 0 radical (unpaired) electrons. The number of hydrogen-bond donors (Lipinski definition) is 3. The minimum Gasteiger partial charge on any atom is -0.462 e. The molecule has 0 saturated heterocycles. The highest BCUT2D eigenvalue weighted by molar-refractivity contribution is 7.47. The normalized spacial score (nSPS) is 14.4. The highest BCUT2D eigenvalue weighted by atomic mass is 31.2. The van der Waals surface area contributed by atoms with Crippen molar-refractivity contribution in [1.82, 2.24) is 0 Å². The van der Waals surface area contributed by atoms with Crippen LogP contribution in [-0.4, -0.2) is 96.7 Å². The Morgan fingerprint density at radius 3 is 0.847 bits per heavy atom. The van der Waals surface area contributed by atoms with Gasteiger partial charge in [0.25, 0.3) is 0 Å². The molecule has 98 heavy (non-hydrogen) atoms. The maximum Gasteiger partial charge on any atom is 0.472 e. The van der Waals surface area contributed by atoms with Gasteiger partial charge in [-0.15, -0.1) is 0 Å². The zero-order valence-electron chi connectivity index (χ0n) is 62.0. The molecule has 0 aromatic heterocycles. The minimum atomic E-state index is -4.98. The predicted octanol–water partition coefficient (Wildman–Crippen LogP) is 22.2. The van der Waals surface area contributed by atoms with Gasteiger partial charge in [0.2, 0.25) is 0 Å². The van der Waals surface area contributed by atoms with Gasteiger partial charge in [-0.3, -0.25) is 37.3 Å². The Balaban J connectivity index is 5.38. The lowest BCUT2D eigenvalue weighted by Gasteiger charge is -2.21. The topological polar surface area (TPSA) is 237 Å². The second-order valence-electron chi connectivity index (χ2n) is 26.0. The molecule has 0 aliphatic carbocycles. The lowest BCUT2D eigenvalue weighted by Crippen LogP contribution is -2.30. The molecule has 0 spiro atoms. The second kappa shape index (κ2) is 71.6. The Kier molecular flexibility index (Phi) is 68.9. The number of carbonyl (C=O) groups excluding carboxylic acids is 4. The fourth-order valence-electron chi connectivity index (χ4n) is 10.3. The number of phosphoric ester groups is 2. The van der Waals surface area contributed by atoms with Crippen molar-refractivity contribution in [2.45, 2.75) is 354 Å². The SMILES string of the molecule is CCCCC/C=C\C/C=C\CCCCCCCC(=O)OC[C@H](COP(=O)(O)OC[C@H](O)COP(=O)(O)OC[C@@H](COC(=O)CCCCCCC/C=C\C=C/CCCCCC)OC(=O)CCCCCCC/C=C\CCCCCC)OC(=O)CCCCCCC/C=C\C=C/CCCCCC. The van der Waals surface area contributed by atoms with E-state index >= 15 is 0 Å². The van der Waals surface area contributed by atoms with Gasteiger partial charge in [-0.1, -0.05) is 260 Å². The number of esters is 4. The summed E-state index contributed by atoms with van der Waals surface area (Å²) in [5, 5.41) is 10.6. The molecule has 0 aromatic rings. The highest BCUT2D eigenvalue weighted by Gasteiger charge is 2.30. The monoisotopic (exact) mass is 1420 g/mol. The fraction of sp³-hybridized carbons (Fsp3) is 0.772. The van der Waals surface area contributed by atoms with Gasteiger partial charge in [-0.05, 0) is 135 Å². The summed E-state index contributed by atoms with van der Waals surface area (Å²) in [5.41, 5.74) is 0. The van der Waals surface area contributed by atoms with Crippen molar-refractivity contribution in [1.29, 1.82) is 0 Å². The zero-order valence-corrected chi connectivity index (χ0v) is 63.7. The molecule has 2 unspecified atom stereocenters. The van der Waals surface area contributed by atoms with Crippen LogP contribution in [0.2, 0.25) is 0 Å². The van der Waals surface area contributed by atoms with Crippen LogP contribution < -0.4 is 0 Å². The summed E-state index contributed by atoms with van der Waals surface area (Å²) in [7, 11) is -9.96. The summed E-state index contributed by atoms with van der Waals surface area (Å²) in [4.78, 5) is 72.9. The molecular weight excluding hydrogens is 1280 g/mol. The van der Waals surface area contributed by atoms with E-state index in [-0.39, 0.29) is 25.7 Å². The molecule has 0 aliphatic rings. The van der Waals surface area contributed by atoms with Gasteiger partial charge in [0, 0.05) is 25.7 Å². The quantitative estimate of drug-likeness (QED) is 0.0128. The second-order valence-corrected chi connectivity index (χ2v) is 28.9. The number of phosphoric acid groups is 2. The van der Waals surface area contributed by atoms with Gasteiger partial charge < -0.3 is 33.8 Å². The smallest absolute Gasteiger partial charge is 0.462 e. The predicted molar refractivity (Wildman–Crippen MR) is 399 cm³/mol. The van der Waals surface area contributed by atoms with Crippen LogP contribution in [0, 0.1) is 0 Å². The maximum atomic E-state index is 13.1. The van der Waals surface area contributed by atoms with E-state index < -0.39 is 97.5 Å². The van der Waals surface area contributed by atoms with E-state index in [2.05, 4.69) is 113 Å². The first-order chi connectivity index (χ1) is 47.7. The van der Waals surface area contributed by atoms with Gasteiger partial charge in [0.05, 0.1) is 26.4 Å². The Morgan fingerprint density at radius 1 is 0.296 bits per heavy atom. The third-order valence-electron chi connectivity index (χ3n) is 16.4.